The van der Waals surface area contributed by atoms with Gasteiger partial charge in [-0.1, -0.05) is 62.8 Å². The largest absolute Gasteiger partial charge is 0.494 e. The second kappa shape index (κ2) is 9.62. The fourth-order valence-electron chi connectivity index (χ4n) is 4.31. The van der Waals surface area contributed by atoms with Crippen molar-refractivity contribution in [3.05, 3.63) is 80.6 Å². The molecule has 1 atom stereocenters. The summed E-state index contributed by atoms with van der Waals surface area (Å²) < 4.78 is 11.9. The zero-order valence-electron chi connectivity index (χ0n) is 20.0. The lowest BCUT2D eigenvalue weighted by Gasteiger charge is -2.22. The molecular formula is C27H27N3O4S. The number of carbonyl (C=O) groups excluding carboxylic acids is 1. The van der Waals surface area contributed by atoms with Crippen molar-refractivity contribution in [1.29, 1.82) is 0 Å². The third-order valence-electron chi connectivity index (χ3n) is 5.96. The molecule has 1 aliphatic heterocycles. The molecule has 7 nitrogen and oxygen atoms in total. The molecular weight excluding hydrogens is 462 g/mol. The van der Waals surface area contributed by atoms with Gasteiger partial charge < -0.3 is 9.15 Å². The first kappa shape index (κ1) is 23.2. The van der Waals surface area contributed by atoms with Crippen LogP contribution >= 0.6 is 11.3 Å². The van der Waals surface area contributed by atoms with Gasteiger partial charge >= 0.3 is 0 Å². The first-order chi connectivity index (χ1) is 17.0. The Morgan fingerprint density at radius 1 is 1.11 bits per heavy atom. The van der Waals surface area contributed by atoms with Crippen LogP contribution in [0.1, 0.15) is 66.3 Å². The SMILES string of the molecule is CCCCOc1cccc(C2c3c(oc4ccccc4c3=O)C(=O)N2c2nnc(CC(C)C)s2)c1. The quantitative estimate of drug-likeness (QED) is 0.292. The number of hydrogen-bond donors (Lipinski definition) is 0. The van der Waals surface area contributed by atoms with E-state index in [0.717, 1.165) is 29.8 Å². The lowest BCUT2D eigenvalue weighted by Crippen LogP contribution is -2.29. The molecule has 0 radical (unpaired) electrons. The van der Waals surface area contributed by atoms with Gasteiger partial charge in [0.2, 0.25) is 10.9 Å². The molecule has 0 saturated heterocycles. The number of fused-ring (bicyclic) bond motifs is 2. The average molecular weight is 490 g/mol. The highest BCUT2D eigenvalue weighted by molar-refractivity contribution is 7.15. The van der Waals surface area contributed by atoms with E-state index in [2.05, 4.69) is 31.0 Å². The number of ether oxygens (including phenoxy) is 1. The summed E-state index contributed by atoms with van der Waals surface area (Å²) in [6, 6.07) is 13.9. The third kappa shape index (κ3) is 4.34. The standard InChI is InChI=1S/C27H27N3O4S/c1-4-5-13-33-18-10-8-9-17(15-18)23-22-24(31)19-11-6-7-12-20(19)34-25(22)26(32)30(23)27-29-28-21(35-27)14-16(2)3/h6-12,15-16,23H,4-5,13-14H2,1-3H3. The number of anilines is 1. The Bertz CT molecular complexity index is 1440. The minimum Gasteiger partial charge on any atom is -0.494 e. The summed E-state index contributed by atoms with van der Waals surface area (Å²) in [7, 11) is 0. The van der Waals surface area contributed by atoms with Gasteiger partial charge in [-0.15, -0.1) is 10.2 Å². The van der Waals surface area contributed by atoms with Crippen LogP contribution in [0.25, 0.3) is 11.0 Å². The molecule has 1 unspecified atom stereocenters. The van der Waals surface area contributed by atoms with Crippen LogP contribution in [-0.2, 0) is 6.42 Å². The van der Waals surface area contributed by atoms with Crippen LogP contribution < -0.4 is 15.1 Å². The second-order valence-electron chi connectivity index (χ2n) is 9.10. The average Bonchev–Trinajstić information content (AvgIpc) is 3.41. The van der Waals surface area contributed by atoms with Gasteiger partial charge in [0.1, 0.15) is 16.3 Å². The fraction of sp³-hybridized carbons (Fsp3) is 0.333. The molecule has 0 N–H and O–H groups in total. The Labute approximate surface area is 207 Å². The number of aromatic nitrogens is 2. The summed E-state index contributed by atoms with van der Waals surface area (Å²) in [4.78, 5) is 28.9. The summed E-state index contributed by atoms with van der Waals surface area (Å²) in [5.41, 5.74) is 1.25. The molecule has 5 rings (SSSR count). The van der Waals surface area contributed by atoms with E-state index in [9.17, 15) is 9.59 Å². The van der Waals surface area contributed by atoms with Crippen molar-refractivity contribution >= 4 is 33.3 Å². The minimum absolute atomic E-state index is 0.0524. The van der Waals surface area contributed by atoms with Crippen molar-refractivity contribution < 1.29 is 13.9 Å². The van der Waals surface area contributed by atoms with E-state index in [-0.39, 0.29) is 11.2 Å². The number of benzene rings is 2. The van der Waals surface area contributed by atoms with Crippen LogP contribution in [0.5, 0.6) is 5.75 Å². The fourth-order valence-corrected chi connectivity index (χ4v) is 5.39. The van der Waals surface area contributed by atoms with Crippen molar-refractivity contribution in [3.63, 3.8) is 0 Å². The van der Waals surface area contributed by atoms with E-state index in [4.69, 9.17) is 9.15 Å². The van der Waals surface area contributed by atoms with Crippen molar-refractivity contribution in [3.8, 4) is 5.75 Å². The Hall–Kier alpha value is -3.52. The molecule has 8 heteroatoms. The highest BCUT2D eigenvalue weighted by Crippen LogP contribution is 2.42. The van der Waals surface area contributed by atoms with Crippen LogP contribution in [0, 0.1) is 5.92 Å². The number of rotatable bonds is 8. The lowest BCUT2D eigenvalue weighted by molar-refractivity contribution is 0.0970. The molecule has 0 aliphatic carbocycles. The van der Waals surface area contributed by atoms with Gasteiger partial charge in [-0.3, -0.25) is 14.5 Å². The van der Waals surface area contributed by atoms with Crippen molar-refractivity contribution in [1.82, 2.24) is 10.2 Å². The predicted molar refractivity (Wildman–Crippen MR) is 136 cm³/mol. The molecule has 1 aliphatic rings. The highest BCUT2D eigenvalue weighted by atomic mass is 32.1. The summed E-state index contributed by atoms with van der Waals surface area (Å²) in [6.45, 7) is 6.93. The maximum absolute atomic E-state index is 13.7. The molecule has 0 spiro atoms. The molecule has 2 aromatic heterocycles. The van der Waals surface area contributed by atoms with Gasteiger partial charge in [0.05, 0.1) is 23.6 Å². The number of unbranched alkanes of at least 4 members (excludes halogenated alkanes) is 1. The molecule has 0 fully saturated rings. The smallest absolute Gasteiger partial charge is 0.297 e. The Kier molecular flexibility index (Phi) is 6.38. The zero-order chi connectivity index (χ0) is 24.5. The normalized spacial score (nSPS) is 15.3. The second-order valence-corrected chi connectivity index (χ2v) is 10.1. The van der Waals surface area contributed by atoms with E-state index in [0.29, 0.717) is 39.9 Å². The van der Waals surface area contributed by atoms with E-state index in [1.54, 1.807) is 29.2 Å². The minimum atomic E-state index is -0.687. The Morgan fingerprint density at radius 3 is 2.74 bits per heavy atom. The van der Waals surface area contributed by atoms with E-state index in [1.807, 2.05) is 24.3 Å². The van der Waals surface area contributed by atoms with Crippen LogP contribution in [0.2, 0.25) is 0 Å². The molecule has 1 amide bonds. The van der Waals surface area contributed by atoms with Gasteiger partial charge in [-0.05, 0) is 42.2 Å². The number of carbonyl (C=O) groups is 1. The van der Waals surface area contributed by atoms with Crippen LogP contribution in [0.4, 0.5) is 5.13 Å². The number of hydrogen-bond acceptors (Lipinski definition) is 7. The van der Waals surface area contributed by atoms with Crippen molar-refractivity contribution in [2.45, 2.75) is 46.1 Å². The summed E-state index contributed by atoms with van der Waals surface area (Å²) in [5.74, 6) is 0.761. The predicted octanol–water partition coefficient (Wildman–Crippen LogP) is 5.77. The third-order valence-corrected chi connectivity index (χ3v) is 6.91. The first-order valence-electron chi connectivity index (χ1n) is 11.9. The monoisotopic (exact) mass is 489 g/mol. The van der Waals surface area contributed by atoms with E-state index < -0.39 is 11.9 Å². The van der Waals surface area contributed by atoms with Gasteiger partial charge in [0.15, 0.2) is 5.43 Å². The number of para-hydroxylation sites is 1. The molecule has 3 heterocycles. The lowest BCUT2D eigenvalue weighted by atomic mass is 9.98. The maximum Gasteiger partial charge on any atom is 0.297 e. The summed E-state index contributed by atoms with van der Waals surface area (Å²) >= 11 is 1.37. The first-order valence-corrected chi connectivity index (χ1v) is 12.7. The van der Waals surface area contributed by atoms with Gasteiger partial charge in [-0.2, -0.15) is 0 Å². The van der Waals surface area contributed by atoms with Crippen LogP contribution in [-0.4, -0.2) is 22.7 Å². The van der Waals surface area contributed by atoms with E-state index >= 15 is 0 Å². The molecule has 180 valence electrons. The van der Waals surface area contributed by atoms with Crippen molar-refractivity contribution in [2.75, 3.05) is 11.5 Å². The maximum atomic E-state index is 13.7. The van der Waals surface area contributed by atoms with Crippen LogP contribution in [0.3, 0.4) is 0 Å². The zero-order valence-corrected chi connectivity index (χ0v) is 20.8. The molecule has 0 bridgehead atoms. The van der Waals surface area contributed by atoms with Crippen LogP contribution in [0.15, 0.2) is 57.7 Å². The number of nitrogens with zero attached hydrogens (tertiary/aromatic N) is 3. The Morgan fingerprint density at radius 2 is 1.94 bits per heavy atom. The van der Waals surface area contributed by atoms with E-state index in [1.165, 1.54) is 11.3 Å². The molecule has 4 aromatic rings. The molecule has 35 heavy (non-hydrogen) atoms. The molecule has 0 saturated carbocycles. The molecule has 2 aromatic carbocycles. The summed E-state index contributed by atoms with van der Waals surface area (Å²) in [5, 5.41) is 10.4. The van der Waals surface area contributed by atoms with Gasteiger partial charge in [0.25, 0.3) is 5.91 Å². The number of amides is 1. The van der Waals surface area contributed by atoms with Gasteiger partial charge in [-0.25, -0.2) is 0 Å². The van der Waals surface area contributed by atoms with Crippen molar-refractivity contribution in [2.24, 2.45) is 5.92 Å². The summed E-state index contributed by atoms with van der Waals surface area (Å²) in [6.07, 6.45) is 2.74. The Balaban J connectivity index is 1.66. The van der Waals surface area contributed by atoms with Gasteiger partial charge in [0, 0.05) is 6.42 Å². The topological polar surface area (TPSA) is 85.5 Å². The highest BCUT2D eigenvalue weighted by Gasteiger charge is 2.45.